The van der Waals surface area contributed by atoms with Crippen LogP contribution >= 0.6 is 0 Å². The van der Waals surface area contributed by atoms with E-state index in [-0.39, 0.29) is 18.4 Å². The summed E-state index contributed by atoms with van der Waals surface area (Å²) in [5, 5.41) is 0. The Labute approximate surface area is 180 Å². The minimum Gasteiger partial charge on any atom is -0.341 e. The summed E-state index contributed by atoms with van der Waals surface area (Å²) < 4.78 is 26.3. The van der Waals surface area contributed by atoms with Crippen LogP contribution in [0, 0.1) is 5.92 Å². The predicted molar refractivity (Wildman–Crippen MR) is 122 cm³/mol. The maximum absolute atomic E-state index is 13.0. The van der Waals surface area contributed by atoms with Crippen molar-refractivity contribution in [2.75, 3.05) is 30.2 Å². The third-order valence-electron chi connectivity index (χ3n) is 5.84. The van der Waals surface area contributed by atoms with E-state index in [0.29, 0.717) is 24.7 Å². The summed E-state index contributed by atoms with van der Waals surface area (Å²) in [4.78, 5) is 14.8. The lowest BCUT2D eigenvalue weighted by Crippen LogP contribution is -2.46. The molecule has 0 N–H and O–H groups in total. The minimum atomic E-state index is -3.57. The molecule has 0 bridgehead atoms. The molecular formula is C24H32N2O3S. The summed E-state index contributed by atoms with van der Waals surface area (Å²) in [7, 11) is -3.57. The fourth-order valence-corrected chi connectivity index (χ4v) is 5.01. The molecule has 1 amide bonds. The van der Waals surface area contributed by atoms with Gasteiger partial charge in [0.1, 0.15) is 6.54 Å². The first-order valence-electron chi connectivity index (χ1n) is 10.6. The molecule has 3 rings (SSSR count). The molecule has 2 aromatic rings. The van der Waals surface area contributed by atoms with Gasteiger partial charge in [-0.05, 0) is 48.3 Å². The van der Waals surface area contributed by atoms with Gasteiger partial charge in [0.25, 0.3) is 0 Å². The molecular weight excluding hydrogens is 396 g/mol. The topological polar surface area (TPSA) is 57.7 Å². The molecule has 0 radical (unpaired) electrons. The lowest BCUT2D eigenvalue weighted by atomic mass is 9.90. The van der Waals surface area contributed by atoms with Crippen LogP contribution in [0.5, 0.6) is 0 Å². The molecule has 2 aromatic carbocycles. The Bertz CT molecular complexity index is 949. The average Bonchev–Trinajstić information content (AvgIpc) is 2.72. The Morgan fingerprint density at radius 2 is 1.63 bits per heavy atom. The van der Waals surface area contributed by atoms with Crippen LogP contribution in [0.3, 0.4) is 0 Å². The Morgan fingerprint density at radius 1 is 1.03 bits per heavy atom. The van der Waals surface area contributed by atoms with Gasteiger partial charge < -0.3 is 4.90 Å². The van der Waals surface area contributed by atoms with E-state index in [1.54, 1.807) is 6.07 Å². The van der Waals surface area contributed by atoms with Crippen LogP contribution in [-0.4, -0.2) is 45.1 Å². The van der Waals surface area contributed by atoms with Crippen molar-refractivity contribution in [2.45, 2.75) is 39.0 Å². The SMILES string of the molecule is CC(C)c1ccccc1N(CC(=O)N1CCC(Cc2ccccc2)CC1)S(C)(=O)=O. The van der Waals surface area contributed by atoms with Crippen LogP contribution in [0.1, 0.15) is 43.7 Å². The zero-order valence-corrected chi connectivity index (χ0v) is 18.9. The van der Waals surface area contributed by atoms with Crippen molar-refractivity contribution in [1.29, 1.82) is 0 Å². The highest BCUT2D eigenvalue weighted by Gasteiger charge is 2.28. The fraction of sp³-hybridized carbons (Fsp3) is 0.458. The van der Waals surface area contributed by atoms with Gasteiger partial charge in [-0.1, -0.05) is 62.4 Å². The Kier molecular flexibility index (Phi) is 7.19. The van der Waals surface area contributed by atoms with E-state index >= 15 is 0 Å². The van der Waals surface area contributed by atoms with Crippen LogP contribution in [0.15, 0.2) is 54.6 Å². The number of nitrogens with zero attached hydrogens (tertiary/aromatic N) is 2. The van der Waals surface area contributed by atoms with Crippen LogP contribution in [0.4, 0.5) is 5.69 Å². The van der Waals surface area contributed by atoms with E-state index in [9.17, 15) is 13.2 Å². The number of hydrogen-bond donors (Lipinski definition) is 0. The van der Waals surface area contributed by atoms with Gasteiger partial charge in [-0.2, -0.15) is 0 Å². The third-order valence-corrected chi connectivity index (χ3v) is 6.97. The summed E-state index contributed by atoms with van der Waals surface area (Å²) in [6.45, 7) is 5.27. The van der Waals surface area contributed by atoms with E-state index in [1.165, 1.54) is 16.1 Å². The highest BCUT2D eigenvalue weighted by atomic mass is 32.2. The van der Waals surface area contributed by atoms with E-state index in [0.717, 1.165) is 24.8 Å². The summed E-state index contributed by atoms with van der Waals surface area (Å²) in [5.74, 6) is 0.593. The van der Waals surface area contributed by atoms with Crippen molar-refractivity contribution in [3.8, 4) is 0 Å². The highest BCUT2D eigenvalue weighted by molar-refractivity contribution is 7.92. The second kappa shape index (κ2) is 9.65. The van der Waals surface area contributed by atoms with E-state index in [4.69, 9.17) is 0 Å². The first-order valence-corrected chi connectivity index (χ1v) is 12.5. The van der Waals surface area contributed by atoms with E-state index in [1.807, 2.05) is 43.0 Å². The monoisotopic (exact) mass is 428 g/mol. The summed E-state index contributed by atoms with van der Waals surface area (Å²) in [6.07, 6.45) is 4.09. The molecule has 30 heavy (non-hydrogen) atoms. The van der Waals surface area contributed by atoms with Crippen LogP contribution in [0.25, 0.3) is 0 Å². The molecule has 162 valence electrons. The smallest absolute Gasteiger partial charge is 0.243 e. The van der Waals surface area contributed by atoms with Crippen LogP contribution < -0.4 is 4.31 Å². The van der Waals surface area contributed by atoms with Crippen molar-refractivity contribution in [3.05, 3.63) is 65.7 Å². The molecule has 1 aliphatic rings. The van der Waals surface area contributed by atoms with Gasteiger partial charge in [0, 0.05) is 13.1 Å². The zero-order chi connectivity index (χ0) is 21.7. The predicted octanol–water partition coefficient (Wildman–Crippen LogP) is 4.06. The number of benzene rings is 2. The zero-order valence-electron chi connectivity index (χ0n) is 18.1. The molecule has 1 saturated heterocycles. The first kappa shape index (κ1) is 22.3. The molecule has 0 spiro atoms. The van der Waals surface area contributed by atoms with Crippen molar-refractivity contribution in [1.82, 2.24) is 4.90 Å². The molecule has 1 aliphatic heterocycles. The largest absolute Gasteiger partial charge is 0.341 e. The van der Waals surface area contributed by atoms with Crippen molar-refractivity contribution in [3.63, 3.8) is 0 Å². The molecule has 6 heteroatoms. The lowest BCUT2D eigenvalue weighted by Gasteiger charge is -2.34. The standard InChI is InChI=1S/C24H32N2O3S/c1-19(2)22-11-7-8-12-23(22)26(30(3,28)29)18-24(27)25-15-13-21(14-16-25)17-20-9-5-4-6-10-20/h4-12,19,21H,13-18H2,1-3H3. The van der Waals surface area contributed by atoms with Crippen molar-refractivity contribution < 1.29 is 13.2 Å². The van der Waals surface area contributed by atoms with Gasteiger partial charge in [-0.25, -0.2) is 8.42 Å². The van der Waals surface area contributed by atoms with E-state index in [2.05, 4.69) is 24.3 Å². The number of anilines is 1. The number of para-hydroxylation sites is 1. The first-order chi connectivity index (χ1) is 14.3. The molecule has 5 nitrogen and oxygen atoms in total. The molecule has 0 saturated carbocycles. The number of amides is 1. The Balaban J connectivity index is 1.66. The number of hydrogen-bond acceptors (Lipinski definition) is 3. The highest BCUT2D eigenvalue weighted by Crippen LogP contribution is 2.29. The number of carbonyl (C=O) groups is 1. The molecule has 1 fully saturated rings. The van der Waals surface area contributed by atoms with Gasteiger partial charge in [0.15, 0.2) is 0 Å². The summed E-state index contributed by atoms with van der Waals surface area (Å²) in [6, 6.07) is 17.9. The molecule has 0 aliphatic carbocycles. The summed E-state index contributed by atoms with van der Waals surface area (Å²) in [5.41, 5.74) is 2.86. The number of piperidine rings is 1. The van der Waals surface area contributed by atoms with Crippen molar-refractivity contribution >= 4 is 21.6 Å². The maximum atomic E-state index is 13.0. The Hall–Kier alpha value is -2.34. The van der Waals surface area contributed by atoms with E-state index < -0.39 is 10.0 Å². The third kappa shape index (κ3) is 5.63. The normalized spacial score (nSPS) is 15.4. The second-order valence-corrected chi connectivity index (χ2v) is 10.4. The average molecular weight is 429 g/mol. The summed E-state index contributed by atoms with van der Waals surface area (Å²) >= 11 is 0. The number of sulfonamides is 1. The van der Waals surface area contributed by atoms with Crippen molar-refractivity contribution in [2.24, 2.45) is 5.92 Å². The fourth-order valence-electron chi connectivity index (χ4n) is 4.14. The quantitative estimate of drug-likeness (QED) is 0.668. The lowest BCUT2D eigenvalue weighted by molar-refractivity contribution is -0.130. The molecule has 0 unspecified atom stereocenters. The second-order valence-electron chi connectivity index (χ2n) is 8.50. The van der Waals surface area contributed by atoms with Crippen LogP contribution in [0.2, 0.25) is 0 Å². The van der Waals surface area contributed by atoms with Gasteiger partial charge in [0.05, 0.1) is 11.9 Å². The van der Waals surface area contributed by atoms with Gasteiger partial charge in [-0.15, -0.1) is 0 Å². The van der Waals surface area contributed by atoms with Gasteiger partial charge in [-0.3, -0.25) is 9.10 Å². The van der Waals surface area contributed by atoms with Crippen LogP contribution in [-0.2, 0) is 21.2 Å². The molecule has 0 aromatic heterocycles. The maximum Gasteiger partial charge on any atom is 0.243 e. The molecule has 1 heterocycles. The van der Waals surface area contributed by atoms with Gasteiger partial charge in [0.2, 0.25) is 15.9 Å². The minimum absolute atomic E-state index is 0.128. The number of carbonyl (C=O) groups excluding carboxylic acids is 1. The Morgan fingerprint density at radius 3 is 2.23 bits per heavy atom. The number of likely N-dealkylation sites (tertiary alicyclic amines) is 1. The van der Waals surface area contributed by atoms with Gasteiger partial charge >= 0.3 is 0 Å². The molecule has 0 atom stereocenters. The number of rotatable bonds is 7.